The standard InChI is InChI=1S/C22H27N5OS/c1-25-8-7-18-19(13-23)22(29-20(18)15-25)24-21(28)16-27-11-9-26(10-12-27)14-17-5-3-2-4-6-17/h2-6H,7-12,14-16H2,1H3,(H,24,28). The summed E-state index contributed by atoms with van der Waals surface area (Å²) in [5.74, 6) is -0.0232. The van der Waals surface area contributed by atoms with E-state index in [4.69, 9.17) is 0 Å². The van der Waals surface area contributed by atoms with Gasteiger partial charge in [-0.15, -0.1) is 11.3 Å². The Hall–Kier alpha value is -2.24. The van der Waals surface area contributed by atoms with Crippen molar-refractivity contribution in [1.29, 1.82) is 5.26 Å². The Morgan fingerprint density at radius 3 is 2.59 bits per heavy atom. The zero-order valence-electron chi connectivity index (χ0n) is 16.9. The number of thiophene rings is 1. The number of fused-ring (bicyclic) bond motifs is 1. The molecule has 0 radical (unpaired) electrons. The molecule has 0 unspecified atom stereocenters. The third-order valence-electron chi connectivity index (χ3n) is 5.69. The largest absolute Gasteiger partial charge is 0.315 e. The minimum absolute atomic E-state index is 0.0232. The lowest BCUT2D eigenvalue weighted by Gasteiger charge is -2.34. The minimum atomic E-state index is -0.0232. The number of carbonyl (C=O) groups excluding carboxylic acids is 1. The summed E-state index contributed by atoms with van der Waals surface area (Å²) in [7, 11) is 2.09. The fourth-order valence-corrected chi connectivity index (χ4v) is 5.35. The molecule has 0 spiro atoms. The van der Waals surface area contributed by atoms with Crippen LogP contribution >= 0.6 is 11.3 Å². The summed E-state index contributed by atoms with van der Waals surface area (Å²) in [5.41, 5.74) is 3.12. The molecule has 1 saturated heterocycles. The van der Waals surface area contributed by atoms with Crippen molar-refractivity contribution in [2.24, 2.45) is 0 Å². The number of nitrogens with zero attached hydrogens (tertiary/aromatic N) is 4. The number of hydrogen-bond donors (Lipinski definition) is 1. The quantitative estimate of drug-likeness (QED) is 0.822. The summed E-state index contributed by atoms with van der Waals surface area (Å²) in [6, 6.07) is 12.8. The Balaban J connectivity index is 1.29. The van der Waals surface area contributed by atoms with Gasteiger partial charge in [-0.2, -0.15) is 5.26 Å². The van der Waals surface area contributed by atoms with Crippen molar-refractivity contribution in [1.82, 2.24) is 14.7 Å². The van der Waals surface area contributed by atoms with Crippen LogP contribution in [0.1, 0.15) is 21.6 Å². The third kappa shape index (κ3) is 4.85. The van der Waals surface area contributed by atoms with Crippen LogP contribution in [0.15, 0.2) is 30.3 Å². The summed E-state index contributed by atoms with van der Waals surface area (Å²) in [5, 5.41) is 13.3. The van der Waals surface area contributed by atoms with Crippen LogP contribution in [-0.4, -0.2) is 66.9 Å². The van der Waals surface area contributed by atoms with E-state index in [2.05, 4.69) is 57.4 Å². The van der Waals surface area contributed by atoms with Gasteiger partial charge in [-0.05, 0) is 24.6 Å². The van der Waals surface area contributed by atoms with E-state index in [1.165, 1.54) is 10.4 Å². The molecule has 0 aliphatic carbocycles. The molecule has 0 bridgehead atoms. The number of anilines is 1. The molecule has 1 aromatic heterocycles. The number of nitriles is 1. The first-order valence-electron chi connectivity index (χ1n) is 10.1. The number of amides is 1. The van der Waals surface area contributed by atoms with E-state index < -0.39 is 0 Å². The predicted molar refractivity (Wildman–Crippen MR) is 116 cm³/mol. The van der Waals surface area contributed by atoms with Crippen molar-refractivity contribution in [3.63, 3.8) is 0 Å². The highest BCUT2D eigenvalue weighted by atomic mass is 32.1. The molecule has 4 rings (SSSR count). The lowest BCUT2D eigenvalue weighted by molar-refractivity contribution is -0.117. The number of hydrogen-bond acceptors (Lipinski definition) is 6. The van der Waals surface area contributed by atoms with E-state index in [1.807, 2.05) is 6.07 Å². The number of nitrogens with one attached hydrogen (secondary N) is 1. The van der Waals surface area contributed by atoms with Gasteiger partial charge in [0.25, 0.3) is 0 Å². The fourth-order valence-electron chi connectivity index (χ4n) is 4.05. The molecule has 1 fully saturated rings. The maximum atomic E-state index is 12.6. The molecule has 3 heterocycles. The lowest BCUT2D eigenvalue weighted by atomic mass is 10.0. The minimum Gasteiger partial charge on any atom is -0.315 e. The van der Waals surface area contributed by atoms with Crippen LogP contribution in [-0.2, 0) is 24.3 Å². The van der Waals surface area contributed by atoms with Gasteiger partial charge in [0.05, 0.1) is 12.1 Å². The summed E-state index contributed by atoms with van der Waals surface area (Å²) in [6.45, 7) is 6.85. The van der Waals surface area contributed by atoms with Gasteiger partial charge >= 0.3 is 0 Å². The third-order valence-corrected chi connectivity index (χ3v) is 6.83. The van der Waals surface area contributed by atoms with Gasteiger partial charge in [0, 0.05) is 50.7 Å². The molecular formula is C22H27N5OS. The van der Waals surface area contributed by atoms with Crippen molar-refractivity contribution in [2.75, 3.05) is 51.6 Å². The second-order valence-electron chi connectivity index (χ2n) is 7.89. The van der Waals surface area contributed by atoms with Crippen LogP contribution in [0.3, 0.4) is 0 Å². The monoisotopic (exact) mass is 409 g/mol. The lowest BCUT2D eigenvalue weighted by Crippen LogP contribution is -2.48. The maximum absolute atomic E-state index is 12.6. The van der Waals surface area contributed by atoms with Crippen LogP contribution in [0, 0.1) is 11.3 Å². The molecule has 29 heavy (non-hydrogen) atoms. The van der Waals surface area contributed by atoms with Gasteiger partial charge in [0.1, 0.15) is 11.1 Å². The highest BCUT2D eigenvalue weighted by Crippen LogP contribution is 2.36. The van der Waals surface area contributed by atoms with Crippen molar-refractivity contribution in [2.45, 2.75) is 19.5 Å². The first-order chi connectivity index (χ1) is 14.1. The van der Waals surface area contributed by atoms with E-state index in [-0.39, 0.29) is 5.91 Å². The van der Waals surface area contributed by atoms with Gasteiger partial charge in [0.15, 0.2) is 0 Å². The van der Waals surface area contributed by atoms with Crippen LogP contribution in [0.5, 0.6) is 0 Å². The van der Waals surface area contributed by atoms with E-state index in [1.54, 1.807) is 11.3 Å². The zero-order valence-corrected chi connectivity index (χ0v) is 17.7. The van der Waals surface area contributed by atoms with Crippen LogP contribution in [0.25, 0.3) is 0 Å². The average Bonchev–Trinajstić information content (AvgIpc) is 3.06. The van der Waals surface area contributed by atoms with Crippen molar-refractivity contribution in [3.05, 3.63) is 51.9 Å². The molecule has 1 aromatic carbocycles. The van der Waals surface area contributed by atoms with E-state index in [9.17, 15) is 10.1 Å². The molecule has 152 valence electrons. The molecular weight excluding hydrogens is 382 g/mol. The average molecular weight is 410 g/mol. The van der Waals surface area contributed by atoms with Gasteiger partial charge in [-0.25, -0.2) is 0 Å². The summed E-state index contributed by atoms with van der Waals surface area (Å²) >= 11 is 1.56. The number of rotatable bonds is 5. The van der Waals surface area contributed by atoms with Crippen molar-refractivity contribution in [3.8, 4) is 6.07 Å². The van der Waals surface area contributed by atoms with Gasteiger partial charge in [0.2, 0.25) is 5.91 Å². The number of benzene rings is 1. The summed E-state index contributed by atoms with van der Waals surface area (Å²) in [4.78, 5) is 20.7. The molecule has 2 aromatic rings. The first-order valence-corrected chi connectivity index (χ1v) is 11.0. The normalized spacial score (nSPS) is 18.2. The summed E-state index contributed by atoms with van der Waals surface area (Å²) < 4.78 is 0. The second kappa shape index (κ2) is 9.06. The molecule has 2 aliphatic heterocycles. The van der Waals surface area contributed by atoms with Crippen molar-refractivity contribution < 1.29 is 4.79 Å². The molecule has 1 N–H and O–H groups in total. The molecule has 2 aliphatic rings. The SMILES string of the molecule is CN1CCc2c(sc(NC(=O)CN3CCN(Cc4ccccc4)CC3)c2C#N)C1. The number of carbonyl (C=O) groups is 1. The van der Waals surface area contributed by atoms with Crippen LogP contribution < -0.4 is 5.32 Å². The van der Waals surface area contributed by atoms with Gasteiger partial charge < -0.3 is 10.2 Å². The molecule has 0 atom stereocenters. The van der Waals surface area contributed by atoms with Crippen LogP contribution in [0.4, 0.5) is 5.00 Å². The smallest absolute Gasteiger partial charge is 0.239 e. The maximum Gasteiger partial charge on any atom is 0.239 e. The second-order valence-corrected chi connectivity index (χ2v) is 9.00. The van der Waals surface area contributed by atoms with Crippen LogP contribution in [0.2, 0.25) is 0 Å². The molecule has 1 amide bonds. The summed E-state index contributed by atoms with van der Waals surface area (Å²) in [6.07, 6.45) is 0.879. The highest BCUT2D eigenvalue weighted by molar-refractivity contribution is 7.16. The Bertz CT molecular complexity index is 896. The first kappa shape index (κ1) is 20.0. The van der Waals surface area contributed by atoms with Gasteiger partial charge in [-0.1, -0.05) is 30.3 Å². The molecule has 6 nitrogen and oxygen atoms in total. The Kier molecular flexibility index (Phi) is 6.26. The highest BCUT2D eigenvalue weighted by Gasteiger charge is 2.25. The Morgan fingerprint density at radius 2 is 1.86 bits per heavy atom. The van der Waals surface area contributed by atoms with E-state index in [0.717, 1.165) is 62.8 Å². The predicted octanol–water partition coefficient (Wildman–Crippen LogP) is 2.36. The number of likely N-dealkylation sites (N-methyl/N-ethyl adjacent to an activating group) is 1. The van der Waals surface area contributed by atoms with E-state index in [0.29, 0.717) is 12.1 Å². The Morgan fingerprint density at radius 1 is 1.14 bits per heavy atom. The van der Waals surface area contributed by atoms with E-state index >= 15 is 0 Å². The zero-order chi connectivity index (χ0) is 20.2. The fraction of sp³-hybridized carbons (Fsp3) is 0.455. The molecule has 7 heteroatoms. The number of piperazine rings is 1. The topological polar surface area (TPSA) is 62.6 Å². The van der Waals surface area contributed by atoms with Gasteiger partial charge in [-0.3, -0.25) is 14.6 Å². The Labute approximate surface area is 176 Å². The van der Waals surface area contributed by atoms with Crippen molar-refractivity contribution >= 4 is 22.2 Å². The molecule has 0 saturated carbocycles.